The van der Waals surface area contributed by atoms with Gasteiger partial charge in [0.05, 0.1) is 5.56 Å². The fourth-order valence-corrected chi connectivity index (χ4v) is 3.72. The fraction of sp³-hybridized carbons (Fsp3) is 0.240. The number of aryl methyl sites for hydroxylation is 1. The number of rotatable bonds is 8. The molecule has 0 fully saturated rings. The summed E-state index contributed by atoms with van der Waals surface area (Å²) in [6, 6.07) is 12.9. The Morgan fingerprint density at radius 1 is 1.03 bits per heavy atom. The highest BCUT2D eigenvalue weighted by Crippen LogP contribution is 2.33. The van der Waals surface area contributed by atoms with Crippen LogP contribution in [0, 0.1) is 19.7 Å². The second kappa shape index (κ2) is 9.78. The largest absolute Gasteiger partial charge is 0.456 e. The van der Waals surface area contributed by atoms with Gasteiger partial charge in [-0.3, -0.25) is 14.4 Å². The predicted octanol–water partition coefficient (Wildman–Crippen LogP) is 3.18. The molecule has 2 heterocycles. The molecule has 0 saturated carbocycles. The summed E-state index contributed by atoms with van der Waals surface area (Å²) in [5.41, 5.74) is 2.87. The van der Waals surface area contributed by atoms with Crippen LogP contribution in [0.3, 0.4) is 0 Å². The van der Waals surface area contributed by atoms with Crippen LogP contribution in [0.25, 0.3) is 0 Å². The summed E-state index contributed by atoms with van der Waals surface area (Å²) in [7, 11) is 0. The molecule has 1 amide bonds. The van der Waals surface area contributed by atoms with Crippen molar-refractivity contribution in [2.75, 3.05) is 19.9 Å². The normalized spacial score (nSPS) is 11.9. The van der Waals surface area contributed by atoms with Crippen molar-refractivity contribution >= 4 is 17.7 Å². The number of benzene rings is 2. The Balaban J connectivity index is 1.33. The monoisotopic (exact) mass is 466 g/mol. The number of carbonyl (C=O) groups excluding carboxylic acids is 3. The van der Waals surface area contributed by atoms with Crippen molar-refractivity contribution in [2.45, 2.75) is 20.4 Å². The van der Waals surface area contributed by atoms with E-state index in [1.54, 1.807) is 6.07 Å². The molecule has 1 aromatic heterocycles. The summed E-state index contributed by atoms with van der Waals surface area (Å²) in [6.07, 6.45) is 0. The first-order valence-corrected chi connectivity index (χ1v) is 10.6. The maximum absolute atomic E-state index is 13.6. The lowest BCUT2D eigenvalue weighted by atomic mass is 10.1. The van der Waals surface area contributed by atoms with Crippen LogP contribution in [-0.2, 0) is 16.1 Å². The van der Waals surface area contributed by atoms with Crippen LogP contribution in [0.2, 0.25) is 0 Å². The lowest BCUT2D eigenvalue weighted by Crippen LogP contribution is -2.32. The number of nitrogens with one attached hydrogen (secondary N) is 1. The van der Waals surface area contributed by atoms with Crippen molar-refractivity contribution in [3.8, 4) is 11.5 Å². The number of fused-ring (bicyclic) bond motifs is 1. The third-order valence-electron chi connectivity index (χ3n) is 5.53. The molecule has 176 valence electrons. The standard InChI is InChI=1S/C25H23FN2O6/c1-15-9-19(16(2)28(15)12-17-7-8-22-23(10-17)34-14-33-22)21(29)13-32-24(30)11-27-25(31)18-5-3-4-6-20(18)26/h3-10H,11-14H2,1-2H3,(H,27,31). The molecule has 1 aliphatic heterocycles. The molecule has 1 aliphatic rings. The Hall–Kier alpha value is -4.14. The summed E-state index contributed by atoms with van der Waals surface area (Å²) in [5.74, 6) is -1.21. The molecule has 0 unspecified atom stereocenters. The van der Waals surface area contributed by atoms with Crippen LogP contribution in [0.5, 0.6) is 11.5 Å². The smallest absolute Gasteiger partial charge is 0.325 e. The topological polar surface area (TPSA) is 95.9 Å². The Bertz CT molecular complexity index is 1270. The Morgan fingerprint density at radius 2 is 1.79 bits per heavy atom. The summed E-state index contributed by atoms with van der Waals surface area (Å²) in [5, 5.41) is 2.28. The first-order chi connectivity index (χ1) is 16.3. The zero-order valence-corrected chi connectivity index (χ0v) is 18.7. The minimum absolute atomic E-state index is 0.179. The molecular weight excluding hydrogens is 443 g/mol. The van der Waals surface area contributed by atoms with Crippen LogP contribution in [0.15, 0.2) is 48.5 Å². The molecule has 0 aliphatic carbocycles. The van der Waals surface area contributed by atoms with E-state index in [1.165, 1.54) is 18.2 Å². The van der Waals surface area contributed by atoms with Crippen molar-refractivity contribution in [2.24, 2.45) is 0 Å². The fourth-order valence-electron chi connectivity index (χ4n) is 3.72. The number of Topliss-reactive ketones (excluding diaryl/α,β-unsaturated/α-hetero) is 1. The third-order valence-corrected chi connectivity index (χ3v) is 5.53. The predicted molar refractivity (Wildman–Crippen MR) is 120 cm³/mol. The van der Waals surface area contributed by atoms with Gasteiger partial charge in [0.2, 0.25) is 12.6 Å². The molecule has 1 N–H and O–H groups in total. The molecule has 34 heavy (non-hydrogen) atoms. The van der Waals surface area contributed by atoms with Gasteiger partial charge in [-0.1, -0.05) is 18.2 Å². The van der Waals surface area contributed by atoms with E-state index in [0.717, 1.165) is 23.0 Å². The van der Waals surface area contributed by atoms with Crippen LogP contribution < -0.4 is 14.8 Å². The van der Waals surface area contributed by atoms with Crippen molar-refractivity contribution < 1.29 is 33.0 Å². The van der Waals surface area contributed by atoms with Gasteiger partial charge in [0.15, 0.2) is 18.1 Å². The van der Waals surface area contributed by atoms with Crippen LogP contribution in [0.1, 0.15) is 37.7 Å². The highest BCUT2D eigenvalue weighted by atomic mass is 19.1. The van der Waals surface area contributed by atoms with Gasteiger partial charge in [0.25, 0.3) is 5.91 Å². The number of amides is 1. The SMILES string of the molecule is Cc1cc(C(=O)COC(=O)CNC(=O)c2ccccc2F)c(C)n1Cc1ccc2c(c1)OCO2. The van der Waals surface area contributed by atoms with E-state index in [-0.39, 0.29) is 18.1 Å². The van der Waals surface area contributed by atoms with E-state index in [0.29, 0.717) is 23.6 Å². The van der Waals surface area contributed by atoms with Gasteiger partial charge in [-0.25, -0.2) is 4.39 Å². The van der Waals surface area contributed by atoms with Crippen LogP contribution in [0.4, 0.5) is 4.39 Å². The van der Waals surface area contributed by atoms with Crippen molar-refractivity contribution in [1.29, 1.82) is 0 Å². The van der Waals surface area contributed by atoms with Crippen LogP contribution >= 0.6 is 0 Å². The van der Waals surface area contributed by atoms with E-state index in [1.807, 2.05) is 36.6 Å². The Labute approximate surface area is 195 Å². The molecule has 0 spiro atoms. The number of esters is 1. The second-order valence-electron chi connectivity index (χ2n) is 7.80. The first-order valence-electron chi connectivity index (χ1n) is 10.6. The number of hydrogen-bond acceptors (Lipinski definition) is 6. The molecule has 0 atom stereocenters. The van der Waals surface area contributed by atoms with Gasteiger partial charge in [0, 0.05) is 23.5 Å². The van der Waals surface area contributed by atoms with Gasteiger partial charge >= 0.3 is 5.97 Å². The van der Waals surface area contributed by atoms with Gasteiger partial charge in [0.1, 0.15) is 12.4 Å². The van der Waals surface area contributed by atoms with Gasteiger partial charge < -0.3 is 24.1 Å². The third kappa shape index (κ3) is 4.93. The van der Waals surface area contributed by atoms with Crippen molar-refractivity contribution in [1.82, 2.24) is 9.88 Å². The van der Waals surface area contributed by atoms with Crippen molar-refractivity contribution in [3.05, 3.63) is 82.4 Å². The average Bonchev–Trinajstić information content (AvgIpc) is 3.40. The number of ketones is 1. The average molecular weight is 466 g/mol. The lowest BCUT2D eigenvalue weighted by Gasteiger charge is -2.11. The summed E-state index contributed by atoms with van der Waals surface area (Å²) < 4.78 is 31.4. The van der Waals surface area contributed by atoms with E-state index in [4.69, 9.17) is 14.2 Å². The van der Waals surface area contributed by atoms with Gasteiger partial charge in [-0.15, -0.1) is 0 Å². The molecule has 3 aromatic rings. The van der Waals surface area contributed by atoms with E-state index in [9.17, 15) is 18.8 Å². The highest BCUT2D eigenvalue weighted by Gasteiger charge is 2.19. The number of hydrogen-bond donors (Lipinski definition) is 1. The minimum atomic E-state index is -0.799. The van der Waals surface area contributed by atoms with E-state index in [2.05, 4.69) is 5.32 Å². The number of aromatic nitrogens is 1. The zero-order valence-electron chi connectivity index (χ0n) is 18.7. The lowest BCUT2D eigenvalue weighted by molar-refractivity contribution is -0.141. The first kappa shape index (κ1) is 23.0. The van der Waals surface area contributed by atoms with Crippen LogP contribution in [-0.4, -0.2) is 42.2 Å². The highest BCUT2D eigenvalue weighted by molar-refractivity contribution is 6.00. The molecular formula is C25H23FN2O6. The summed E-state index contributed by atoms with van der Waals surface area (Å²) in [6.45, 7) is 3.49. The second-order valence-corrected chi connectivity index (χ2v) is 7.80. The maximum Gasteiger partial charge on any atom is 0.325 e. The van der Waals surface area contributed by atoms with Gasteiger partial charge in [-0.05, 0) is 49.7 Å². The Kier molecular flexibility index (Phi) is 6.62. The number of ether oxygens (including phenoxy) is 3. The molecule has 8 nitrogen and oxygen atoms in total. The minimum Gasteiger partial charge on any atom is -0.456 e. The molecule has 0 saturated heterocycles. The molecule has 2 aromatic carbocycles. The van der Waals surface area contributed by atoms with E-state index < -0.39 is 30.8 Å². The molecule has 4 rings (SSSR count). The number of carbonyl (C=O) groups is 3. The molecule has 0 radical (unpaired) electrons. The zero-order chi connectivity index (χ0) is 24.2. The number of nitrogens with zero attached hydrogens (tertiary/aromatic N) is 1. The Morgan fingerprint density at radius 3 is 2.59 bits per heavy atom. The quantitative estimate of drug-likeness (QED) is 0.405. The van der Waals surface area contributed by atoms with Gasteiger partial charge in [-0.2, -0.15) is 0 Å². The maximum atomic E-state index is 13.6. The summed E-state index contributed by atoms with van der Waals surface area (Å²) >= 11 is 0. The summed E-state index contributed by atoms with van der Waals surface area (Å²) in [4.78, 5) is 36.6. The number of halogens is 1. The molecule has 0 bridgehead atoms. The molecule has 9 heteroatoms. The van der Waals surface area contributed by atoms with E-state index >= 15 is 0 Å². The van der Waals surface area contributed by atoms with Crippen molar-refractivity contribution in [3.63, 3.8) is 0 Å².